The molecule has 2 aromatic carbocycles. The number of aliphatic hydroxyl groups is 2. The van der Waals surface area contributed by atoms with E-state index in [1.54, 1.807) is 0 Å². The van der Waals surface area contributed by atoms with Gasteiger partial charge in [0.25, 0.3) is 0 Å². The average Bonchev–Trinajstić information content (AvgIpc) is 3.07. The van der Waals surface area contributed by atoms with E-state index < -0.39 is 12.2 Å². The van der Waals surface area contributed by atoms with Crippen molar-refractivity contribution >= 4 is 0 Å². The maximum Gasteiger partial charge on any atom is 0.122 e. The third-order valence-electron chi connectivity index (χ3n) is 6.98. The van der Waals surface area contributed by atoms with Gasteiger partial charge in [0, 0.05) is 31.2 Å². The molecule has 0 saturated carbocycles. The summed E-state index contributed by atoms with van der Waals surface area (Å²) < 4.78 is 28.5. The Morgan fingerprint density at radius 2 is 1.12 bits per heavy atom. The fraction of sp³-hybridized carbons (Fsp3) is 0.590. The van der Waals surface area contributed by atoms with E-state index in [2.05, 4.69) is 23.8 Å². The molecule has 6 N–H and O–H groups in total. The molecular weight excluding hydrogens is 622 g/mol. The summed E-state index contributed by atoms with van der Waals surface area (Å²) in [5.74, 6) is 1.60. The van der Waals surface area contributed by atoms with Gasteiger partial charge >= 0.3 is 0 Å². The first-order valence-electron chi connectivity index (χ1n) is 17.5. The summed E-state index contributed by atoms with van der Waals surface area (Å²) in [7, 11) is 0. The lowest BCUT2D eigenvalue weighted by atomic mass is 10.1. The predicted octanol–water partition coefficient (Wildman–Crippen LogP) is 4.46. The zero-order chi connectivity index (χ0) is 36.4. The van der Waals surface area contributed by atoms with Crippen molar-refractivity contribution in [2.75, 3.05) is 52.7 Å². The molecule has 10 nitrogen and oxygen atoms in total. The van der Waals surface area contributed by atoms with Gasteiger partial charge in [0.05, 0.1) is 38.6 Å². The fourth-order valence-electron chi connectivity index (χ4n) is 4.32. The molecule has 0 spiro atoms. The Labute approximate surface area is 296 Å². The maximum atomic E-state index is 10.2. The van der Waals surface area contributed by atoms with Crippen molar-refractivity contribution in [1.29, 1.82) is 0 Å². The molecule has 2 aromatic rings. The van der Waals surface area contributed by atoms with Crippen LogP contribution in [0.1, 0.15) is 52.7 Å². The first-order valence-corrected chi connectivity index (χ1v) is 17.5. The largest absolute Gasteiger partial charge is 0.491 e. The number of allylic oxidation sites excluding steroid dienone is 2. The Morgan fingerprint density at radius 3 is 1.61 bits per heavy atom. The molecule has 0 radical (unpaired) electrons. The van der Waals surface area contributed by atoms with Crippen LogP contribution in [0.2, 0.25) is 0 Å². The van der Waals surface area contributed by atoms with E-state index in [0.29, 0.717) is 52.2 Å². The second kappa shape index (κ2) is 27.0. The van der Waals surface area contributed by atoms with Crippen LogP contribution < -0.4 is 25.8 Å². The number of ether oxygens (including phenoxy) is 5. The Balaban J connectivity index is 0.000000564. The number of aliphatic hydroxyl groups excluding tert-OH is 2. The van der Waals surface area contributed by atoms with E-state index in [1.807, 2.05) is 102 Å². The minimum absolute atomic E-state index is 0.00731. The summed E-state index contributed by atoms with van der Waals surface area (Å²) in [6, 6.07) is 16.1. The number of hydrogen-bond donors (Lipinski definition) is 5. The molecule has 0 bridgehead atoms. The zero-order valence-corrected chi connectivity index (χ0v) is 30.8. The predicted molar refractivity (Wildman–Crippen MR) is 200 cm³/mol. The lowest BCUT2D eigenvalue weighted by Gasteiger charge is -2.21. The smallest absolute Gasteiger partial charge is 0.122 e. The quantitative estimate of drug-likeness (QED) is 0.0903. The van der Waals surface area contributed by atoms with Gasteiger partial charge in [-0.25, -0.2) is 0 Å². The Hall–Kier alpha value is -2.80. The molecular formula is C39H65N3O7. The van der Waals surface area contributed by atoms with Crippen LogP contribution in [0.3, 0.4) is 0 Å². The first-order chi connectivity index (χ1) is 23.4. The van der Waals surface area contributed by atoms with E-state index in [-0.39, 0.29) is 30.9 Å². The number of nitrogens with two attached hydrogens (primary N) is 1. The molecule has 0 amide bonds. The molecule has 6 atom stereocenters. The van der Waals surface area contributed by atoms with Crippen LogP contribution in [0.4, 0.5) is 0 Å². The lowest BCUT2D eigenvalue weighted by Crippen LogP contribution is -2.39. The summed E-state index contributed by atoms with van der Waals surface area (Å²) in [5.41, 5.74) is 7.81. The van der Waals surface area contributed by atoms with Crippen molar-refractivity contribution < 1.29 is 33.9 Å². The second-order valence-corrected chi connectivity index (χ2v) is 12.8. The molecule has 6 unspecified atom stereocenters. The van der Waals surface area contributed by atoms with Crippen LogP contribution in [0.25, 0.3) is 0 Å². The minimum Gasteiger partial charge on any atom is -0.491 e. The fourth-order valence-corrected chi connectivity index (χ4v) is 4.32. The van der Waals surface area contributed by atoms with E-state index in [9.17, 15) is 10.2 Å². The van der Waals surface area contributed by atoms with Gasteiger partial charge < -0.3 is 50.3 Å². The lowest BCUT2D eigenvalue weighted by molar-refractivity contribution is -0.0606. The van der Waals surface area contributed by atoms with E-state index in [0.717, 1.165) is 35.5 Å². The van der Waals surface area contributed by atoms with Gasteiger partial charge in [0.2, 0.25) is 0 Å². The molecule has 49 heavy (non-hydrogen) atoms. The minimum atomic E-state index is -0.614. The Morgan fingerprint density at radius 1 is 0.653 bits per heavy atom. The van der Waals surface area contributed by atoms with Gasteiger partial charge in [-0.1, -0.05) is 62.4 Å². The molecule has 278 valence electrons. The van der Waals surface area contributed by atoms with Gasteiger partial charge in [-0.2, -0.15) is 0 Å². The average molecular weight is 688 g/mol. The van der Waals surface area contributed by atoms with Gasteiger partial charge in [0.1, 0.15) is 36.9 Å². The number of nitrogens with one attached hydrogen (secondary N) is 2. The highest BCUT2D eigenvalue weighted by Gasteiger charge is 2.13. The number of hydrogen-bond acceptors (Lipinski definition) is 10. The number of rotatable bonds is 26. The summed E-state index contributed by atoms with van der Waals surface area (Å²) >= 11 is 0. The van der Waals surface area contributed by atoms with E-state index in [1.165, 1.54) is 0 Å². The summed E-state index contributed by atoms with van der Waals surface area (Å²) in [6.07, 6.45) is 4.04. The topological polar surface area (TPSA) is 137 Å². The van der Waals surface area contributed by atoms with Gasteiger partial charge in [-0.05, 0) is 63.8 Å². The highest BCUT2D eigenvalue weighted by molar-refractivity contribution is 5.35. The van der Waals surface area contributed by atoms with E-state index >= 15 is 0 Å². The standard InChI is InChI=1S/C24H42N2O5.C15H23NO2/c1-6-9-22-10-7-8-11-24(22)31-17-23(27)12-26-19(3)14-29-21(5)16-30-20(4)15-28-13-18(2)25;1-4-7-13-8-5-6-9-15(13)18-11-14(17)10-16-12(2)3/h6-8,10-11,18-21,23,26-27H,1,9,12-17,25H2,2-5H3;4-6,8-9,12,14,16-17H,1,7,10-11H2,2-3H3. The highest BCUT2D eigenvalue weighted by Crippen LogP contribution is 2.20. The summed E-state index contributed by atoms with van der Waals surface area (Å²) in [5, 5.41) is 26.4. The van der Waals surface area contributed by atoms with Crippen molar-refractivity contribution in [2.45, 2.75) is 96.9 Å². The molecule has 0 aliphatic carbocycles. The van der Waals surface area contributed by atoms with Crippen LogP contribution >= 0.6 is 0 Å². The van der Waals surface area contributed by atoms with Crippen LogP contribution in [-0.2, 0) is 27.1 Å². The molecule has 10 heteroatoms. The Bertz CT molecular complexity index is 1130. The molecule has 0 aliphatic heterocycles. The van der Waals surface area contributed by atoms with Crippen molar-refractivity contribution in [2.24, 2.45) is 5.73 Å². The van der Waals surface area contributed by atoms with Crippen molar-refractivity contribution in [3.05, 3.63) is 85.0 Å². The van der Waals surface area contributed by atoms with Crippen molar-refractivity contribution in [3.8, 4) is 11.5 Å². The van der Waals surface area contributed by atoms with Crippen LogP contribution in [-0.4, -0.2) is 105 Å². The summed E-state index contributed by atoms with van der Waals surface area (Å²) in [4.78, 5) is 0. The third-order valence-corrected chi connectivity index (χ3v) is 6.98. The van der Waals surface area contributed by atoms with Crippen molar-refractivity contribution in [3.63, 3.8) is 0 Å². The molecule has 0 fully saturated rings. The zero-order valence-electron chi connectivity index (χ0n) is 30.8. The molecule has 0 aromatic heterocycles. The maximum absolute atomic E-state index is 10.2. The van der Waals surface area contributed by atoms with Crippen LogP contribution in [0.5, 0.6) is 11.5 Å². The Kier molecular flexibility index (Phi) is 24.4. The van der Waals surface area contributed by atoms with Crippen LogP contribution in [0, 0.1) is 0 Å². The van der Waals surface area contributed by atoms with Crippen molar-refractivity contribution in [1.82, 2.24) is 10.6 Å². The van der Waals surface area contributed by atoms with Gasteiger partial charge in [0.15, 0.2) is 0 Å². The first kappa shape index (κ1) is 44.2. The third kappa shape index (κ3) is 22.5. The summed E-state index contributed by atoms with van der Waals surface area (Å²) in [6.45, 7) is 23.0. The van der Waals surface area contributed by atoms with Gasteiger partial charge in [-0.15, -0.1) is 13.2 Å². The van der Waals surface area contributed by atoms with Gasteiger partial charge in [-0.3, -0.25) is 0 Å². The number of para-hydroxylation sites is 2. The normalized spacial score (nSPS) is 14.9. The molecule has 0 heterocycles. The monoisotopic (exact) mass is 687 g/mol. The van der Waals surface area contributed by atoms with Crippen LogP contribution in [0.15, 0.2) is 73.8 Å². The second-order valence-electron chi connectivity index (χ2n) is 12.8. The molecule has 0 aliphatic rings. The molecule has 0 saturated heterocycles. The highest BCUT2D eigenvalue weighted by atomic mass is 16.6. The number of benzene rings is 2. The SMILES string of the molecule is C=CCc1ccccc1OCC(O)CNC(C)C.C=CCc1ccccc1OCC(O)CNC(C)COC(C)COC(C)COCC(C)N. The van der Waals surface area contributed by atoms with E-state index in [4.69, 9.17) is 29.4 Å². The molecule has 2 rings (SSSR count).